The van der Waals surface area contributed by atoms with Crippen molar-refractivity contribution < 1.29 is 13.0 Å². The highest BCUT2D eigenvalue weighted by Gasteiger charge is 2.04. The van der Waals surface area contributed by atoms with Gasteiger partial charge in [0.05, 0.1) is 5.75 Å². The minimum Gasteiger partial charge on any atom is -0.286 e. The molecule has 0 aromatic rings. The Balaban J connectivity index is 3.53. The van der Waals surface area contributed by atoms with Gasteiger partial charge in [-0.2, -0.15) is 8.42 Å². The van der Waals surface area contributed by atoms with Gasteiger partial charge in [-0.25, -0.2) is 4.42 Å². The highest BCUT2D eigenvalue weighted by atomic mass is 35.5. The summed E-state index contributed by atoms with van der Waals surface area (Å²) in [5, 5.41) is 0. The summed E-state index contributed by atoms with van der Waals surface area (Å²) in [6.07, 6.45) is 0. The zero-order valence-electron chi connectivity index (χ0n) is 4.91. The minimum absolute atomic E-state index is 0.125. The van der Waals surface area contributed by atoms with Crippen LogP contribution < -0.4 is 0 Å². The highest BCUT2D eigenvalue weighted by Crippen LogP contribution is 1.89. The minimum atomic E-state index is -3.85. The molecule has 0 unspecified atom stereocenters. The second-order valence-corrected chi connectivity index (χ2v) is 3.76. The van der Waals surface area contributed by atoms with Crippen molar-refractivity contribution in [3.63, 3.8) is 0 Å². The largest absolute Gasteiger partial charge is 0.286 e. The predicted octanol–water partition coefficient (Wildman–Crippen LogP) is -0.0402. The molecule has 0 bridgehead atoms. The zero-order chi connectivity index (χ0) is 7.49. The molecule has 0 aliphatic carbocycles. The number of hydrogen-bond acceptors (Lipinski definition) is 3. The van der Waals surface area contributed by atoms with Gasteiger partial charge in [0.2, 0.25) is 0 Å². The molecule has 0 amide bonds. The Morgan fingerprint density at radius 1 is 1.67 bits per heavy atom. The molecule has 6 heteroatoms. The number of hydrogen-bond donors (Lipinski definition) is 1. The van der Waals surface area contributed by atoms with Gasteiger partial charge in [-0.1, -0.05) is 0 Å². The van der Waals surface area contributed by atoms with E-state index in [0.29, 0.717) is 0 Å². The maximum atomic E-state index is 10.0. The predicted molar refractivity (Wildman–Crippen MR) is 34.9 cm³/mol. The van der Waals surface area contributed by atoms with Gasteiger partial charge in [-0.05, 0) is 11.8 Å². The molecule has 0 atom stereocenters. The molecule has 9 heavy (non-hydrogen) atoms. The van der Waals surface area contributed by atoms with Crippen LogP contribution >= 0.6 is 11.8 Å². The van der Waals surface area contributed by atoms with Crippen molar-refractivity contribution in [2.24, 2.45) is 0 Å². The lowest BCUT2D eigenvalue weighted by Gasteiger charge is -2.02. The molecule has 0 aromatic carbocycles. The van der Waals surface area contributed by atoms with Crippen LogP contribution in [0.5, 0.6) is 0 Å². The van der Waals surface area contributed by atoms with Gasteiger partial charge in [-0.15, -0.1) is 0 Å². The third-order valence-corrected chi connectivity index (χ3v) is 1.52. The first-order chi connectivity index (χ1) is 3.92. The molecular weight excluding hydrogens is 166 g/mol. The van der Waals surface area contributed by atoms with E-state index >= 15 is 0 Å². The fraction of sp³-hybridized carbons (Fsp3) is 1.00. The first kappa shape index (κ1) is 9.16. The monoisotopic (exact) mass is 173 g/mol. The fourth-order valence-corrected chi connectivity index (χ4v) is 0.930. The van der Waals surface area contributed by atoms with Crippen LogP contribution in [-0.4, -0.2) is 36.7 Å². The average Bonchev–Trinajstić information content (AvgIpc) is 1.59. The molecule has 0 spiro atoms. The number of nitrogens with zero attached hydrogens (tertiary/aromatic N) is 1. The summed E-state index contributed by atoms with van der Waals surface area (Å²) in [5.74, 6) is -0.326. The first-order valence-electron chi connectivity index (χ1n) is 2.24. The molecule has 4 nitrogen and oxygen atoms in total. The van der Waals surface area contributed by atoms with Crippen LogP contribution in [0, 0.1) is 0 Å². The molecule has 0 aromatic heterocycles. The van der Waals surface area contributed by atoms with Crippen LogP contribution in [0.25, 0.3) is 0 Å². The van der Waals surface area contributed by atoms with Crippen LogP contribution in [0.4, 0.5) is 0 Å². The Morgan fingerprint density at radius 3 is 2.22 bits per heavy atom. The van der Waals surface area contributed by atoms with Gasteiger partial charge < -0.3 is 0 Å². The van der Waals surface area contributed by atoms with Crippen molar-refractivity contribution >= 4 is 21.9 Å². The fourth-order valence-electron chi connectivity index (χ4n) is 0.241. The molecular formula is C3H8ClNO3S. The molecule has 0 saturated carbocycles. The van der Waals surface area contributed by atoms with Crippen molar-refractivity contribution in [3.8, 4) is 0 Å². The first-order valence-corrected chi connectivity index (χ1v) is 4.18. The summed E-state index contributed by atoms with van der Waals surface area (Å²) in [6, 6.07) is 0. The van der Waals surface area contributed by atoms with Crippen molar-refractivity contribution in [1.29, 1.82) is 0 Å². The summed E-state index contributed by atoms with van der Waals surface area (Å²) in [7, 11) is -2.34. The van der Waals surface area contributed by atoms with E-state index in [-0.39, 0.29) is 12.3 Å². The smallest absolute Gasteiger partial charge is 0.266 e. The Hall–Kier alpha value is 0.160. The third kappa shape index (κ3) is 8.16. The van der Waals surface area contributed by atoms with E-state index in [0.717, 1.165) is 4.42 Å². The van der Waals surface area contributed by atoms with E-state index in [1.165, 1.54) is 7.05 Å². The van der Waals surface area contributed by atoms with E-state index in [2.05, 4.69) is 0 Å². The van der Waals surface area contributed by atoms with Crippen molar-refractivity contribution in [3.05, 3.63) is 0 Å². The molecule has 0 rings (SSSR count). The van der Waals surface area contributed by atoms with E-state index in [1.54, 1.807) is 0 Å². The van der Waals surface area contributed by atoms with Crippen LogP contribution in [0.2, 0.25) is 0 Å². The molecule has 0 heterocycles. The molecule has 1 N–H and O–H groups in total. The van der Waals surface area contributed by atoms with Crippen LogP contribution in [0.15, 0.2) is 0 Å². The second-order valence-electron chi connectivity index (χ2n) is 1.61. The molecule has 0 aliphatic heterocycles. The topological polar surface area (TPSA) is 57.6 Å². The summed E-state index contributed by atoms with van der Waals surface area (Å²) < 4.78 is 29.3. The average molecular weight is 174 g/mol. The summed E-state index contributed by atoms with van der Waals surface area (Å²) >= 11 is 5.24. The van der Waals surface area contributed by atoms with Gasteiger partial charge in [0.15, 0.2) is 0 Å². The number of rotatable bonds is 3. The van der Waals surface area contributed by atoms with E-state index in [4.69, 9.17) is 16.3 Å². The maximum absolute atomic E-state index is 10.0. The van der Waals surface area contributed by atoms with Gasteiger partial charge in [-0.3, -0.25) is 4.55 Å². The van der Waals surface area contributed by atoms with Gasteiger partial charge in [0.25, 0.3) is 10.1 Å². The van der Waals surface area contributed by atoms with E-state index in [1.807, 2.05) is 0 Å². The Kier molecular flexibility index (Phi) is 3.42. The van der Waals surface area contributed by atoms with Crippen LogP contribution in [0.1, 0.15) is 0 Å². The van der Waals surface area contributed by atoms with Gasteiger partial charge in [0, 0.05) is 13.6 Å². The SMILES string of the molecule is CN(Cl)CCS(=O)(=O)O. The number of halogens is 1. The van der Waals surface area contributed by atoms with E-state index in [9.17, 15) is 8.42 Å². The second kappa shape index (κ2) is 3.36. The Bertz CT molecular complexity index is 164. The highest BCUT2D eigenvalue weighted by molar-refractivity contribution is 7.85. The van der Waals surface area contributed by atoms with Crippen molar-refractivity contribution in [2.45, 2.75) is 0 Å². The van der Waals surface area contributed by atoms with Crippen molar-refractivity contribution in [1.82, 2.24) is 4.42 Å². The van der Waals surface area contributed by atoms with Crippen LogP contribution in [-0.2, 0) is 10.1 Å². The third-order valence-electron chi connectivity index (χ3n) is 0.657. The zero-order valence-corrected chi connectivity index (χ0v) is 6.48. The molecule has 0 fully saturated rings. The lowest BCUT2D eigenvalue weighted by molar-refractivity contribution is 0.472. The Morgan fingerprint density at radius 2 is 2.11 bits per heavy atom. The summed E-state index contributed by atoms with van der Waals surface area (Å²) in [5.41, 5.74) is 0. The summed E-state index contributed by atoms with van der Waals surface area (Å²) in [4.78, 5) is 0. The quantitative estimate of drug-likeness (QED) is 0.481. The Labute approximate surface area is 59.3 Å². The van der Waals surface area contributed by atoms with Gasteiger partial charge >= 0.3 is 0 Å². The van der Waals surface area contributed by atoms with Crippen molar-refractivity contribution in [2.75, 3.05) is 19.3 Å². The van der Waals surface area contributed by atoms with Crippen LogP contribution in [0.3, 0.4) is 0 Å². The summed E-state index contributed by atoms with van der Waals surface area (Å²) in [6.45, 7) is 0.125. The molecule has 0 saturated heterocycles. The molecule has 56 valence electrons. The maximum Gasteiger partial charge on any atom is 0.266 e. The van der Waals surface area contributed by atoms with Gasteiger partial charge in [0.1, 0.15) is 0 Å². The normalized spacial score (nSPS) is 12.4. The lowest BCUT2D eigenvalue weighted by atomic mass is 10.8. The lowest BCUT2D eigenvalue weighted by Crippen LogP contribution is -2.17. The molecule has 0 aliphatic rings. The standard InChI is InChI=1S/C3H8ClNO3S/c1-5(4)2-3-9(6,7)8/h2-3H2,1H3,(H,6,7,8). The van der Waals surface area contributed by atoms with E-state index < -0.39 is 10.1 Å². The molecule has 0 radical (unpaired) electrons.